The van der Waals surface area contributed by atoms with Gasteiger partial charge in [-0.2, -0.15) is 0 Å². The van der Waals surface area contributed by atoms with Crippen molar-refractivity contribution in [2.45, 2.75) is 12.5 Å². The minimum Gasteiger partial charge on any atom is -0.496 e. The van der Waals surface area contributed by atoms with Crippen LogP contribution in [0.4, 0.5) is 0 Å². The second-order valence-corrected chi connectivity index (χ2v) is 6.12. The van der Waals surface area contributed by atoms with Gasteiger partial charge in [-0.05, 0) is 31.0 Å². The molecule has 1 N–H and O–H groups in total. The summed E-state index contributed by atoms with van der Waals surface area (Å²) in [5.41, 5.74) is 0.785. The van der Waals surface area contributed by atoms with Gasteiger partial charge in [0.25, 0.3) is 5.89 Å². The van der Waals surface area contributed by atoms with Crippen molar-refractivity contribution in [1.82, 2.24) is 15.2 Å². The van der Waals surface area contributed by atoms with Crippen molar-refractivity contribution < 1.29 is 13.9 Å². The van der Waals surface area contributed by atoms with Gasteiger partial charge in [-0.15, -0.1) is 0 Å². The summed E-state index contributed by atoms with van der Waals surface area (Å²) < 4.78 is 11.0. The Morgan fingerprint density at radius 1 is 1.39 bits per heavy atom. The third kappa shape index (κ3) is 2.59. The van der Waals surface area contributed by atoms with E-state index in [1.165, 1.54) is 0 Å². The van der Waals surface area contributed by atoms with Crippen molar-refractivity contribution in [3.05, 3.63) is 36.4 Å². The van der Waals surface area contributed by atoms with Crippen molar-refractivity contribution in [2.75, 3.05) is 26.7 Å². The predicted octanol–water partition coefficient (Wildman–Crippen LogP) is 1.78. The molecule has 2 aliphatic rings. The molecule has 4 rings (SSSR count). The maximum Gasteiger partial charge on any atom is 0.307 e. The Balaban J connectivity index is 1.50. The number of piperidine rings is 1. The molecule has 2 aliphatic heterocycles. The first-order valence-electron chi connectivity index (χ1n) is 7.87. The van der Waals surface area contributed by atoms with E-state index < -0.39 is 0 Å². The molecule has 23 heavy (non-hydrogen) atoms. The van der Waals surface area contributed by atoms with E-state index in [0.717, 1.165) is 31.6 Å². The number of nitrogens with one attached hydrogen (secondary N) is 1. The van der Waals surface area contributed by atoms with Gasteiger partial charge in [-0.25, -0.2) is 4.98 Å². The third-order valence-corrected chi connectivity index (χ3v) is 4.72. The lowest BCUT2D eigenvalue weighted by atomic mass is 10.0. The van der Waals surface area contributed by atoms with Gasteiger partial charge in [0.1, 0.15) is 5.75 Å². The molecule has 0 saturated carbocycles. The molecule has 6 nitrogen and oxygen atoms in total. The Kier molecular flexibility index (Phi) is 3.53. The third-order valence-electron chi connectivity index (χ3n) is 4.72. The Morgan fingerprint density at radius 2 is 2.26 bits per heavy atom. The van der Waals surface area contributed by atoms with Crippen LogP contribution in [-0.4, -0.2) is 48.6 Å². The van der Waals surface area contributed by atoms with Gasteiger partial charge in [0.15, 0.2) is 5.76 Å². The number of hydrogen-bond donors (Lipinski definition) is 1. The topological polar surface area (TPSA) is 67.6 Å². The quantitative estimate of drug-likeness (QED) is 0.932. The second kappa shape index (κ2) is 5.70. The van der Waals surface area contributed by atoms with Crippen molar-refractivity contribution in [2.24, 2.45) is 5.92 Å². The average molecular weight is 313 g/mol. The molecule has 2 bridgehead atoms. The van der Waals surface area contributed by atoms with E-state index in [2.05, 4.69) is 15.2 Å². The van der Waals surface area contributed by atoms with Crippen molar-refractivity contribution >= 4 is 5.91 Å². The number of carbonyl (C=O) groups is 1. The van der Waals surface area contributed by atoms with Crippen LogP contribution < -0.4 is 10.1 Å². The number of benzene rings is 1. The largest absolute Gasteiger partial charge is 0.496 e. The summed E-state index contributed by atoms with van der Waals surface area (Å²) >= 11 is 0. The molecule has 6 heteroatoms. The number of amides is 1. The van der Waals surface area contributed by atoms with Crippen LogP contribution in [0, 0.1) is 5.92 Å². The summed E-state index contributed by atoms with van der Waals surface area (Å²) in [5, 5.41) is 3.05. The number of aromatic nitrogens is 1. The first kappa shape index (κ1) is 14.3. The standard InChI is InChI=1S/C17H19N3O3/c1-22-14-5-3-2-4-12(14)15-8-18-17(23-15)16(21)19-13-10-20-7-6-11(13)9-20/h2-5,8,11,13H,6-7,9-10H2,1H3,(H,19,21)/t11-,13?/m0/s1. The van der Waals surface area contributed by atoms with E-state index in [1.807, 2.05) is 24.3 Å². The molecule has 0 aliphatic carbocycles. The molecule has 2 unspecified atom stereocenters. The van der Waals surface area contributed by atoms with Crippen molar-refractivity contribution in [3.63, 3.8) is 0 Å². The number of carbonyl (C=O) groups excluding carboxylic acids is 1. The van der Waals surface area contributed by atoms with Gasteiger partial charge in [-0.3, -0.25) is 4.79 Å². The molecule has 2 fully saturated rings. The number of methoxy groups -OCH3 is 1. The zero-order chi connectivity index (χ0) is 15.8. The number of fused-ring (bicyclic) bond motifs is 2. The minimum atomic E-state index is -0.245. The maximum atomic E-state index is 12.4. The van der Waals surface area contributed by atoms with Crippen LogP contribution in [0.15, 0.2) is 34.9 Å². The Hall–Kier alpha value is -2.34. The van der Waals surface area contributed by atoms with Gasteiger partial charge in [0.2, 0.25) is 0 Å². The molecule has 2 aromatic rings. The van der Waals surface area contributed by atoms with Crippen LogP contribution in [0.25, 0.3) is 11.3 Å². The molecule has 1 aromatic heterocycles. The van der Waals surface area contributed by atoms with E-state index in [9.17, 15) is 4.79 Å². The lowest BCUT2D eigenvalue weighted by molar-refractivity contribution is 0.0890. The molecule has 1 aromatic carbocycles. The van der Waals surface area contributed by atoms with Gasteiger partial charge < -0.3 is 19.4 Å². The van der Waals surface area contributed by atoms with E-state index in [1.54, 1.807) is 13.3 Å². The normalized spacial score (nSPS) is 25.5. The summed E-state index contributed by atoms with van der Waals surface area (Å²) in [5.74, 6) is 1.64. The monoisotopic (exact) mass is 313 g/mol. The van der Waals surface area contributed by atoms with Gasteiger partial charge in [0, 0.05) is 19.1 Å². The smallest absolute Gasteiger partial charge is 0.307 e. The lowest BCUT2D eigenvalue weighted by Crippen LogP contribution is -2.43. The summed E-state index contributed by atoms with van der Waals surface area (Å²) in [6.07, 6.45) is 2.72. The molecule has 3 atom stereocenters. The van der Waals surface area contributed by atoms with E-state index in [-0.39, 0.29) is 17.8 Å². The Bertz CT molecular complexity index is 727. The molecule has 0 spiro atoms. The number of nitrogens with zero attached hydrogens (tertiary/aromatic N) is 2. The number of para-hydroxylation sites is 1. The number of hydrogen-bond acceptors (Lipinski definition) is 5. The van der Waals surface area contributed by atoms with Crippen molar-refractivity contribution in [1.29, 1.82) is 0 Å². The fourth-order valence-corrected chi connectivity index (χ4v) is 3.53. The molecule has 0 radical (unpaired) electrons. The van der Waals surface area contributed by atoms with Gasteiger partial charge >= 0.3 is 5.91 Å². The second-order valence-electron chi connectivity index (χ2n) is 6.12. The summed E-state index contributed by atoms with van der Waals surface area (Å²) in [4.78, 5) is 18.9. The van der Waals surface area contributed by atoms with E-state index >= 15 is 0 Å². The molecule has 120 valence electrons. The number of ether oxygens (including phenoxy) is 1. The highest BCUT2D eigenvalue weighted by Crippen LogP contribution is 2.30. The first-order valence-corrected chi connectivity index (χ1v) is 7.87. The zero-order valence-electron chi connectivity index (χ0n) is 13.0. The molecule has 1 amide bonds. The predicted molar refractivity (Wildman–Crippen MR) is 84.3 cm³/mol. The van der Waals surface area contributed by atoms with Crippen LogP contribution in [0.1, 0.15) is 17.1 Å². The highest BCUT2D eigenvalue weighted by molar-refractivity contribution is 5.90. The van der Waals surface area contributed by atoms with Crippen LogP contribution in [0.2, 0.25) is 0 Å². The molecule has 2 saturated heterocycles. The van der Waals surface area contributed by atoms with Crippen molar-refractivity contribution in [3.8, 4) is 17.1 Å². The molecule has 3 heterocycles. The zero-order valence-corrected chi connectivity index (χ0v) is 13.0. The Labute approximate surface area is 134 Å². The fraction of sp³-hybridized carbons (Fsp3) is 0.412. The van der Waals surface area contributed by atoms with Gasteiger partial charge in [-0.1, -0.05) is 12.1 Å². The maximum absolute atomic E-state index is 12.4. The van der Waals surface area contributed by atoms with Crippen LogP contribution in [0.5, 0.6) is 5.75 Å². The van der Waals surface area contributed by atoms with Gasteiger partial charge in [0.05, 0.1) is 18.9 Å². The fourth-order valence-electron chi connectivity index (χ4n) is 3.53. The number of oxazole rings is 1. The summed E-state index contributed by atoms with van der Waals surface area (Å²) in [6, 6.07) is 7.71. The van der Waals surface area contributed by atoms with Crippen LogP contribution in [-0.2, 0) is 0 Å². The SMILES string of the molecule is COc1ccccc1-c1cnc(C(=O)NC2CN3CC[C@H]2C3)o1. The highest BCUT2D eigenvalue weighted by atomic mass is 16.5. The summed E-state index contributed by atoms with van der Waals surface area (Å²) in [6.45, 7) is 3.16. The molecular weight excluding hydrogens is 294 g/mol. The van der Waals surface area contributed by atoms with Crippen LogP contribution >= 0.6 is 0 Å². The molecular formula is C17H19N3O3. The lowest BCUT2D eigenvalue weighted by Gasteiger charge is -2.22. The van der Waals surface area contributed by atoms with E-state index in [4.69, 9.17) is 9.15 Å². The van der Waals surface area contributed by atoms with Crippen LogP contribution in [0.3, 0.4) is 0 Å². The van der Waals surface area contributed by atoms with E-state index in [0.29, 0.717) is 17.4 Å². The minimum absolute atomic E-state index is 0.101. The Morgan fingerprint density at radius 3 is 3.00 bits per heavy atom. The average Bonchev–Trinajstić information content (AvgIpc) is 3.31. The number of rotatable bonds is 4. The highest BCUT2D eigenvalue weighted by Gasteiger charge is 2.39. The summed E-state index contributed by atoms with van der Waals surface area (Å²) in [7, 11) is 1.60. The first-order chi connectivity index (χ1) is 11.2.